The lowest BCUT2D eigenvalue weighted by Gasteiger charge is -2.19. The topological polar surface area (TPSA) is 47.3 Å². The van der Waals surface area contributed by atoms with Crippen molar-refractivity contribution in [2.75, 3.05) is 0 Å². The van der Waals surface area contributed by atoms with E-state index < -0.39 is 0 Å². The Balaban J connectivity index is 2.03. The molecule has 0 fully saturated rings. The van der Waals surface area contributed by atoms with Gasteiger partial charge in [0.25, 0.3) is 0 Å². The van der Waals surface area contributed by atoms with E-state index in [1.807, 2.05) is 44.2 Å². The molecule has 0 aliphatic heterocycles. The zero-order chi connectivity index (χ0) is 15.5. The van der Waals surface area contributed by atoms with Crippen LogP contribution in [0.2, 0.25) is 0 Å². The van der Waals surface area contributed by atoms with Crippen LogP contribution in [0.1, 0.15) is 40.3 Å². The minimum Gasteiger partial charge on any atom is -0.491 e. The molecule has 0 atom stereocenters. The third-order valence-corrected chi connectivity index (χ3v) is 2.87. The zero-order valence-corrected chi connectivity index (χ0v) is 13.4. The molecule has 0 aliphatic carbocycles. The number of rotatable bonds is 5. The summed E-state index contributed by atoms with van der Waals surface area (Å²) in [5.41, 5.74) is 1.97. The molecule has 0 saturated carbocycles. The maximum absolute atomic E-state index is 5.63. The van der Waals surface area contributed by atoms with Crippen LogP contribution in [0, 0.1) is 0 Å². The van der Waals surface area contributed by atoms with Gasteiger partial charge in [-0.25, -0.2) is 0 Å². The second-order valence-electron chi connectivity index (χ2n) is 6.48. The second kappa shape index (κ2) is 6.31. The Hall–Kier alpha value is -1.81. The lowest BCUT2D eigenvalue weighted by Crippen LogP contribution is -2.35. The summed E-state index contributed by atoms with van der Waals surface area (Å²) in [5, 5.41) is 7.49. The molecule has 1 heterocycles. The molecule has 1 N–H and O–H groups in total. The lowest BCUT2D eigenvalue weighted by atomic mass is 10.1. The van der Waals surface area contributed by atoms with E-state index in [9.17, 15) is 0 Å². The molecule has 0 radical (unpaired) electrons. The Bertz CT molecular complexity index is 565. The molecule has 21 heavy (non-hydrogen) atoms. The van der Waals surface area contributed by atoms with Crippen LogP contribution in [0.15, 0.2) is 34.9 Å². The molecule has 0 bridgehead atoms. The predicted molar refractivity (Wildman–Crippen MR) is 84.3 cm³/mol. The maximum Gasteiger partial charge on any atom is 0.167 e. The van der Waals surface area contributed by atoms with Crippen molar-refractivity contribution in [3.05, 3.63) is 36.0 Å². The van der Waals surface area contributed by atoms with Crippen molar-refractivity contribution in [2.45, 2.75) is 52.8 Å². The van der Waals surface area contributed by atoms with Crippen molar-refractivity contribution in [3.63, 3.8) is 0 Å². The van der Waals surface area contributed by atoms with Crippen molar-refractivity contribution >= 4 is 0 Å². The largest absolute Gasteiger partial charge is 0.491 e. The number of aromatic nitrogens is 1. The van der Waals surface area contributed by atoms with E-state index in [4.69, 9.17) is 9.26 Å². The summed E-state index contributed by atoms with van der Waals surface area (Å²) in [4.78, 5) is 0. The number of nitrogens with one attached hydrogen (secondary N) is 1. The van der Waals surface area contributed by atoms with Crippen LogP contribution in [-0.2, 0) is 6.54 Å². The Morgan fingerprint density at radius 2 is 1.86 bits per heavy atom. The van der Waals surface area contributed by atoms with Crippen LogP contribution in [0.3, 0.4) is 0 Å². The number of nitrogens with zero attached hydrogens (tertiary/aromatic N) is 1. The van der Waals surface area contributed by atoms with E-state index in [0.29, 0.717) is 6.54 Å². The van der Waals surface area contributed by atoms with Gasteiger partial charge in [0.2, 0.25) is 0 Å². The quantitative estimate of drug-likeness (QED) is 0.902. The number of hydrogen-bond donors (Lipinski definition) is 1. The third-order valence-electron chi connectivity index (χ3n) is 2.87. The van der Waals surface area contributed by atoms with E-state index in [1.54, 1.807) is 0 Å². The van der Waals surface area contributed by atoms with Gasteiger partial charge in [0.1, 0.15) is 5.75 Å². The van der Waals surface area contributed by atoms with Crippen molar-refractivity contribution in [2.24, 2.45) is 0 Å². The fourth-order valence-corrected chi connectivity index (χ4v) is 1.86. The monoisotopic (exact) mass is 288 g/mol. The second-order valence-corrected chi connectivity index (χ2v) is 6.48. The molecule has 2 rings (SSSR count). The first-order valence-electron chi connectivity index (χ1n) is 7.31. The summed E-state index contributed by atoms with van der Waals surface area (Å²) in [6.45, 7) is 11.1. The van der Waals surface area contributed by atoms with Gasteiger partial charge in [0.15, 0.2) is 5.76 Å². The van der Waals surface area contributed by atoms with Gasteiger partial charge in [-0.2, -0.15) is 0 Å². The highest BCUT2D eigenvalue weighted by molar-refractivity contribution is 5.58. The number of ether oxygens (including phenoxy) is 1. The Labute approximate surface area is 126 Å². The first kappa shape index (κ1) is 15.6. The van der Waals surface area contributed by atoms with Gasteiger partial charge in [-0.15, -0.1) is 0 Å². The van der Waals surface area contributed by atoms with Crippen LogP contribution >= 0.6 is 0 Å². The molecule has 1 aromatic carbocycles. The predicted octanol–water partition coefficient (Wildman–Crippen LogP) is 4.02. The van der Waals surface area contributed by atoms with Gasteiger partial charge >= 0.3 is 0 Å². The molecular formula is C17H24N2O2. The van der Waals surface area contributed by atoms with Gasteiger partial charge in [0, 0.05) is 23.7 Å². The summed E-state index contributed by atoms with van der Waals surface area (Å²) in [6, 6.07) is 9.84. The normalized spacial score (nSPS) is 11.9. The van der Waals surface area contributed by atoms with Gasteiger partial charge in [-0.1, -0.05) is 5.16 Å². The molecule has 114 valence electrons. The van der Waals surface area contributed by atoms with Crippen LogP contribution in [0.25, 0.3) is 11.3 Å². The van der Waals surface area contributed by atoms with E-state index in [1.165, 1.54) is 0 Å². The third kappa shape index (κ3) is 4.90. The van der Waals surface area contributed by atoms with Crippen molar-refractivity contribution in [3.8, 4) is 17.1 Å². The molecule has 4 heteroatoms. The zero-order valence-electron chi connectivity index (χ0n) is 13.4. The lowest BCUT2D eigenvalue weighted by molar-refractivity contribution is 0.242. The molecule has 0 unspecified atom stereocenters. The fraction of sp³-hybridized carbons (Fsp3) is 0.471. The Kier molecular flexibility index (Phi) is 4.68. The molecule has 0 amide bonds. The van der Waals surface area contributed by atoms with Crippen LogP contribution in [0.4, 0.5) is 0 Å². The van der Waals surface area contributed by atoms with E-state index in [0.717, 1.165) is 22.8 Å². The molecule has 0 saturated heterocycles. The standard InChI is InChI=1S/C17H24N2O2/c1-12(2)20-15-8-6-13(7-9-15)16-10-14(19-21-16)11-18-17(3,4)5/h6-10,12,18H,11H2,1-5H3. The van der Waals surface area contributed by atoms with Gasteiger partial charge in [-0.05, 0) is 58.9 Å². The molecule has 2 aromatic rings. The smallest absolute Gasteiger partial charge is 0.167 e. The number of hydrogen-bond acceptors (Lipinski definition) is 4. The summed E-state index contributed by atoms with van der Waals surface area (Å²) >= 11 is 0. The van der Waals surface area contributed by atoms with Gasteiger partial charge < -0.3 is 14.6 Å². The average molecular weight is 288 g/mol. The van der Waals surface area contributed by atoms with Gasteiger partial charge in [0.05, 0.1) is 11.8 Å². The number of benzene rings is 1. The van der Waals surface area contributed by atoms with Crippen LogP contribution < -0.4 is 10.1 Å². The first-order valence-corrected chi connectivity index (χ1v) is 7.31. The van der Waals surface area contributed by atoms with E-state index in [-0.39, 0.29) is 11.6 Å². The molecule has 0 aliphatic rings. The first-order chi connectivity index (χ1) is 9.83. The Morgan fingerprint density at radius 3 is 2.43 bits per heavy atom. The summed E-state index contributed by atoms with van der Waals surface area (Å²) < 4.78 is 11.0. The molecule has 4 nitrogen and oxygen atoms in total. The molecular weight excluding hydrogens is 264 g/mol. The molecule has 1 aromatic heterocycles. The van der Waals surface area contributed by atoms with Crippen LogP contribution in [-0.4, -0.2) is 16.8 Å². The van der Waals surface area contributed by atoms with Crippen molar-refractivity contribution in [1.29, 1.82) is 0 Å². The van der Waals surface area contributed by atoms with Crippen LogP contribution in [0.5, 0.6) is 5.75 Å². The SMILES string of the molecule is CC(C)Oc1ccc(-c2cc(CNC(C)(C)C)no2)cc1. The summed E-state index contributed by atoms with van der Waals surface area (Å²) in [5.74, 6) is 1.64. The highest BCUT2D eigenvalue weighted by Crippen LogP contribution is 2.23. The van der Waals surface area contributed by atoms with Gasteiger partial charge in [-0.3, -0.25) is 0 Å². The van der Waals surface area contributed by atoms with E-state index >= 15 is 0 Å². The van der Waals surface area contributed by atoms with Crippen molar-refractivity contribution < 1.29 is 9.26 Å². The highest BCUT2D eigenvalue weighted by Gasteiger charge is 2.12. The average Bonchev–Trinajstić information content (AvgIpc) is 2.84. The summed E-state index contributed by atoms with van der Waals surface area (Å²) in [7, 11) is 0. The maximum atomic E-state index is 5.63. The minimum atomic E-state index is 0.0644. The van der Waals surface area contributed by atoms with E-state index in [2.05, 4.69) is 31.2 Å². The summed E-state index contributed by atoms with van der Waals surface area (Å²) in [6.07, 6.45) is 0.177. The fourth-order valence-electron chi connectivity index (χ4n) is 1.86. The van der Waals surface area contributed by atoms with Crippen molar-refractivity contribution in [1.82, 2.24) is 10.5 Å². The minimum absolute atomic E-state index is 0.0644. The molecule has 0 spiro atoms. The highest BCUT2D eigenvalue weighted by atomic mass is 16.5. The Morgan fingerprint density at radius 1 is 1.19 bits per heavy atom.